The Morgan fingerprint density at radius 1 is 0.893 bits per heavy atom. The van der Waals surface area contributed by atoms with Gasteiger partial charge in [0.15, 0.2) is 9.84 Å². The number of rotatable bonds is 6. The Hall–Kier alpha value is -2.12. The molecule has 0 fully saturated rings. The minimum Gasteiger partial charge on any atom is -0.228 e. The van der Waals surface area contributed by atoms with Crippen LogP contribution in [0.15, 0.2) is 48.5 Å². The van der Waals surface area contributed by atoms with Crippen molar-refractivity contribution in [1.82, 2.24) is 10.2 Å². The van der Waals surface area contributed by atoms with Gasteiger partial charge < -0.3 is 0 Å². The van der Waals surface area contributed by atoms with Crippen molar-refractivity contribution >= 4 is 21.2 Å². The van der Waals surface area contributed by atoms with Crippen LogP contribution < -0.4 is 0 Å². The van der Waals surface area contributed by atoms with Crippen molar-refractivity contribution in [2.24, 2.45) is 0 Å². The van der Waals surface area contributed by atoms with Gasteiger partial charge in [-0.25, -0.2) is 12.8 Å². The van der Waals surface area contributed by atoms with Crippen LogP contribution in [0.3, 0.4) is 0 Å². The Kier molecular flexibility index (Phi) is 5.95. The number of hydrogen-bond acceptors (Lipinski definition) is 5. The lowest BCUT2D eigenvalue weighted by Gasteiger charge is -2.19. The molecule has 0 N–H and O–H groups in total. The zero-order chi connectivity index (χ0) is 20.4. The van der Waals surface area contributed by atoms with E-state index in [-0.39, 0.29) is 11.6 Å². The number of benzene rings is 2. The van der Waals surface area contributed by atoms with E-state index in [1.807, 2.05) is 24.3 Å². The van der Waals surface area contributed by atoms with Crippen molar-refractivity contribution in [3.05, 3.63) is 70.5 Å². The van der Waals surface area contributed by atoms with E-state index >= 15 is 0 Å². The van der Waals surface area contributed by atoms with Crippen molar-refractivity contribution in [2.75, 3.05) is 0 Å². The zero-order valence-electron chi connectivity index (χ0n) is 16.1. The molecule has 2 aromatic carbocycles. The summed E-state index contributed by atoms with van der Waals surface area (Å²) in [4.78, 5) is 0. The maximum atomic E-state index is 13.0. The molecule has 0 spiro atoms. The molecule has 0 radical (unpaired) electrons. The molecule has 0 aliphatic carbocycles. The second-order valence-electron chi connectivity index (χ2n) is 7.70. The summed E-state index contributed by atoms with van der Waals surface area (Å²) in [5, 5.41) is 10.1. The summed E-state index contributed by atoms with van der Waals surface area (Å²) >= 11 is 1.50. The molecule has 1 aromatic heterocycles. The van der Waals surface area contributed by atoms with E-state index in [1.54, 1.807) is 32.9 Å². The van der Waals surface area contributed by atoms with Crippen LogP contribution in [0.25, 0.3) is 10.6 Å². The summed E-state index contributed by atoms with van der Waals surface area (Å²) in [7, 11) is -3.19. The van der Waals surface area contributed by atoms with Gasteiger partial charge in [-0.1, -0.05) is 35.6 Å². The van der Waals surface area contributed by atoms with E-state index in [9.17, 15) is 12.8 Å². The Balaban J connectivity index is 1.60. The molecule has 3 rings (SSSR count). The van der Waals surface area contributed by atoms with Gasteiger partial charge in [-0.15, -0.1) is 10.2 Å². The third-order valence-corrected chi connectivity index (χ3v) is 8.11. The summed E-state index contributed by atoms with van der Waals surface area (Å²) in [6.45, 7) is 5.16. The molecule has 148 valence electrons. The van der Waals surface area contributed by atoms with Crippen LogP contribution in [-0.2, 0) is 28.4 Å². The zero-order valence-corrected chi connectivity index (χ0v) is 17.8. The number of aromatic nitrogens is 2. The number of nitrogens with zero attached hydrogens (tertiary/aromatic N) is 2. The molecular formula is C21H23FN2O2S2. The summed E-state index contributed by atoms with van der Waals surface area (Å²) < 4.78 is 36.9. The smallest absolute Gasteiger partial charge is 0.159 e. The molecule has 7 heteroatoms. The Labute approximate surface area is 169 Å². The van der Waals surface area contributed by atoms with E-state index < -0.39 is 14.6 Å². The molecule has 4 nitrogen and oxygen atoms in total. The quantitative estimate of drug-likeness (QED) is 0.575. The van der Waals surface area contributed by atoms with Crippen LogP contribution in [0, 0.1) is 5.82 Å². The van der Waals surface area contributed by atoms with Gasteiger partial charge in [0, 0.05) is 12.0 Å². The van der Waals surface area contributed by atoms with Crippen molar-refractivity contribution in [2.45, 2.75) is 44.1 Å². The Morgan fingerprint density at radius 3 is 2.11 bits per heavy atom. The summed E-state index contributed by atoms with van der Waals surface area (Å²) in [5.74, 6) is -0.221. The first-order chi connectivity index (χ1) is 13.1. The largest absolute Gasteiger partial charge is 0.228 e. The van der Waals surface area contributed by atoms with Gasteiger partial charge in [0.05, 0.1) is 10.5 Å². The average Bonchev–Trinajstić information content (AvgIpc) is 3.09. The van der Waals surface area contributed by atoms with Crippen molar-refractivity contribution in [3.8, 4) is 10.6 Å². The van der Waals surface area contributed by atoms with Crippen LogP contribution in [0.4, 0.5) is 4.39 Å². The maximum absolute atomic E-state index is 13.0. The average molecular weight is 419 g/mol. The second kappa shape index (κ2) is 8.09. The lowest BCUT2D eigenvalue weighted by Crippen LogP contribution is -2.29. The highest BCUT2D eigenvalue weighted by molar-refractivity contribution is 7.91. The molecule has 0 amide bonds. The van der Waals surface area contributed by atoms with Crippen LogP contribution in [0.1, 0.15) is 36.9 Å². The van der Waals surface area contributed by atoms with E-state index in [0.29, 0.717) is 0 Å². The lowest BCUT2D eigenvalue weighted by molar-refractivity contribution is 0.559. The third-order valence-electron chi connectivity index (χ3n) is 4.50. The molecule has 0 atom stereocenters. The van der Waals surface area contributed by atoms with Gasteiger partial charge in [0.2, 0.25) is 0 Å². The first-order valence-electron chi connectivity index (χ1n) is 9.02. The minimum atomic E-state index is -3.19. The van der Waals surface area contributed by atoms with Gasteiger partial charge in [0.25, 0.3) is 0 Å². The van der Waals surface area contributed by atoms with E-state index in [2.05, 4.69) is 10.2 Å². The highest BCUT2D eigenvalue weighted by Crippen LogP contribution is 2.25. The molecule has 28 heavy (non-hydrogen) atoms. The number of hydrogen-bond donors (Lipinski definition) is 0. The van der Waals surface area contributed by atoms with Crippen molar-refractivity contribution in [1.29, 1.82) is 0 Å². The molecule has 0 saturated carbocycles. The van der Waals surface area contributed by atoms with Crippen molar-refractivity contribution in [3.63, 3.8) is 0 Å². The number of sulfone groups is 1. The second-order valence-corrected chi connectivity index (χ2v) is 11.5. The van der Waals surface area contributed by atoms with Crippen molar-refractivity contribution < 1.29 is 12.8 Å². The van der Waals surface area contributed by atoms with Gasteiger partial charge in [-0.2, -0.15) is 0 Å². The fourth-order valence-corrected chi connectivity index (χ4v) is 4.46. The monoisotopic (exact) mass is 418 g/mol. The normalized spacial score (nSPS) is 12.3. The molecule has 0 unspecified atom stereocenters. The van der Waals surface area contributed by atoms with Gasteiger partial charge in [-0.3, -0.25) is 0 Å². The van der Waals surface area contributed by atoms with Gasteiger partial charge >= 0.3 is 0 Å². The van der Waals surface area contributed by atoms with Gasteiger partial charge in [0.1, 0.15) is 15.8 Å². The molecule has 0 bridgehead atoms. The molecule has 0 saturated heterocycles. The number of halogens is 1. The van der Waals surface area contributed by atoms with E-state index in [4.69, 9.17) is 0 Å². The standard InChI is InChI=1S/C21H23FN2O2S2/c1-21(2,3)28(25,26)14-16-6-4-15(5-7-16)8-13-19-23-24-20(27-19)17-9-11-18(22)12-10-17/h4-7,9-12H,8,13-14H2,1-3H3. The predicted molar refractivity (Wildman–Crippen MR) is 112 cm³/mol. The van der Waals surface area contributed by atoms with E-state index in [0.717, 1.165) is 39.5 Å². The van der Waals surface area contributed by atoms with Crippen LogP contribution >= 0.6 is 11.3 Å². The summed E-state index contributed by atoms with van der Waals surface area (Å²) in [6, 6.07) is 13.9. The summed E-state index contributed by atoms with van der Waals surface area (Å²) in [6.07, 6.45) is 1.54. The van der Waals surface area contributed by atoms with Crippen LogP contribution in [0.2, 0.25) is 0 Å². The van der Waals surface area contributed by atoms with Gasteiger partial charge in [-0.05, 0) is 62.6 Å². The highest BCUT2D eigenvalue weighted by Gasteiger charge is 2.28. The third kappa shape index (κ3) is 5.02. The molecular weight excluding hydrogens is 395 g/mol. The predicted octanol–water partition coefficient (Wildman–Crippen LogP) is 4.84. The lowest BCUT2D eigenvalue weighted by atomic mass is 10.1. The Bertz CT molecular complexity index is 1040. The fourth-order valence-electron chi connectivity index (χ4n) is 2.55. The molecule has 0 aliphatic rings. The number of aryl methyl sites for hydroxylation is 2. The summed E-state index contributed by atoms with van der Waals surface area (Å²) in [5.41, 5.74) is 2.78. The highest BCUT2D eigenvalue weighted by atomic mass is 32.2. The fraction of sp³-hybridized carbons (Fsp3) is 0.333. The molecule has 3 aromatic rings. The van der Waals surface area contributed by atoms with Crippen LogP contribution in [0.5, 0.6) is 0 Å². The molecule has 0 aliphatic heterocycles. The SMILES string of the molecule is CC(C)(C)S(=O)(=O)Cc1ccc(CCc2nnc(-c3ccc(F)cc3)s2)cc1. The van der Waals surface area contributed by atoms with Crippen LogP contribution in [-0.4, -0.2) is 23.4 Å². The minimum absolute atomic E-state index is 0.0498. The molecule has 1 heterocycles. The Morgan fingerprint density at radius 2 is 1.50 bits per heavy atom. The van der Waals surface area contributed by atoms with E-state index in [1.165, 1.54) is 23.5 Å². The first kappa shape index (κ1) is 20.6. The first-order valence-corrected chi connectivity index (χ1v) is 11.5. The topological polar surface area (TPSA) is 59.9 Å². The maximum Gasteiger partial charge on any atom is 0.159 e.